The molecule has 2 N–H and O–H groups in total. The Morgan fingerprint density at radius 3 is 1.96 bits per heavy atom. The third kappa shape index (κ3) is 5.30. The lowest BCUT2D eigenvalue weighted by Gasteiger charge is -2.12. The normalized spacial score (nSPS) is 12.2. The van der Waals surface area contributed by atoms with Crippen molar-refractivity contribution in [3.8, 4) is 0 Å². The molecule has 0 aromatic heterocycles. The molecule has 0 saturated heterocycles. The Hall–Kier alpha value is -2.39. The zero-order chi connectivity index (χ0) is 18.1. The molecular formula is C22H27NO2. The minimum atomic E-state index is -0.745. The molecular weight excluding hydrogens is 310 g/mol. The van der Waals surface area contributed by atoms with Crippen molar-refractivity contribution >= 4 is 11.5 Å². The molecule has 0 heterocycles. The van der Waals surface area contributed by atoms with Crippen LogP contribution in [0.3, 0.4) is 0 Å². The lowest BCUT2D eigenvalue weighted by molar-refractivity contribution is -0.136. The first-order valence-electron chi connectivity index (χ1n) is 8.90. The molecule has 3 rings (SSSR count). The summed E-state index contributed by atoms with van der Waals surface area (Å²) in [6.45, 7) is 2.62. The summed E-state index contributed by atoms with van der Waals surface area (Å²) in [7, 11) is 2.01. The first kappa shape index (κ1) is 18.9. The monoisotopic (exact) mass is 337 g/mol. The van der Waals surface area contributed by atoms with Gasteiger partial charge in [-0.1, -0.05) is 61.5 Å². The summed E-state index contributed by atoms with van der Waals surface area (Å²) < 4.78 is 0. The predicted octanol–water partition coefficient (Wildman–Crippen LogP) is 4.31. The van der Waals surface area contributed by atoms with E-state index in [-0.39, 0.29) is 6.42 Å². The van der Waals surface area contributed by atoms with E-state index in [1.54, 1.807) is 6.92 Å². The number of hydrogen-bond donors (Lipinski definition) is 2. The van der Waals surface area contributed by atoms with Crippen LogP contribution in [0.2, 0.25) is 0 Å². The van der Waals surface area contributed by atoms with Crippen molar-refractivity contribution in [2.45, 2.75) is 32.6 Å². The van der Waals surface area contributed by atoms with E-state index < -0.39 is 5.97 Å². The Kier molecular flexibility index (Phi) is 7.42. The molecule has 0 unspecified atom stereocenters. The van der Waals surface area contributed by atoms with Crippen LogP contribution < -0.4 is 5.32 Å². The highest BCUT2D eigenvalue weighted by atomic mass is 16.4. The third-order valence-corrected chi connectivity index (χ3v) is 4.32. The van der Waals surface area contributed by atoms with Gasteiger partial charge in [0.25, 0.3) is 0 Å². The van der Waals surface area contributed by atoms with Crippen LogP contribution in [-0.4, -0.2) is 24.7 Å². The fourth-order valence-corrected chi connectivity index (χ4v) is 3.00. The number of fused-ring (bicyclic) bond motifs is 2. The van der Waals surface area contributed by atoms with E-state index in [4.69, 9.17) is 5.11 Å². The van der Waals surface area contributed by atoms with Crippen molar-refractivity contribution in [3.63, 3.8) is 0 Å². The lowest BCUT2D eigenvalue weighted by atomic mass is 9.93. The number of aliphatic carboxylic acids is 1. The molecule has 0 spiro atoms. The second-order valence-electron chi connectivity index (χ2n) is 6.07. The van der Waals surface area contributed by atoms with E-state index in [9.17, 15) is 4.79 Å². The number of aryl methyl sites for hydroxylation is 2. The Balaban J connectivity index is 0.000000399. The number of carboxylic acids is 1. The largest absolute Gasteiger partial charge is 0.481 e. The molecule has 2 aromatic rings. The average molecular weight is 337 g/mol. The summed E-state index contributed by atoms with van der Waals surface area (Å²) >= 11 is 0. The Bertz CT molecular complexity index is 685. The van der Waals surface area contributed by atoms with Crippen LogP contribution in [0.4, 0.5) is 0 Å². The Labute approximate surface area is 150 Å². The molecule has 0 fully saturated rings. The highest BCUT2D eigenvalue weighted by Gasteiger charge is 2.16. The minimum absolute atomic E-state index is 0.222. The third-order valence-electron chi connectivity index (χ3n) is 4.32. The Morgan fingerprint density at radius 2 is 1.52 bits per heavy atom. The molecule has 25 heavy (non-hydrogen) atoms. The van der Waals surface area contributed by atoms with Crippen LogP contribution in [-0.2, 0) is 17.6 Å². The minimum Gasteiger partial charge on any atom is -0.481 e. The van der Waals surface area contributed by atoms with Crippen molar-refractivity contribution in [3.05, 3.63) is 76.9 Å². The van der Waals surface area contributed by atoms with E-state index in [1.165, 1.54) is 27.8 Å². The van der Waals surface area contributed by atoms with Crippen molar-refractivity contribution in [1.82, 2.24) is 5.32 Å². The smallest absolute Gasteiger partial charge is 0.303 e. The average Bonchev–Trinajstić information content (AvgIpc) is 2.80. The van der Waals surface area contributed by atoms with Crippen LogP contribution in [0.25, 0.3) is 5.57 Å². The molecule has 1 aliphatic rings. The molecule has 0 saturated carbocycles. The molecule has 1 aliphatic carbocycles. The van der Waals surface area contributed by atoms with Gasteiger partial charge in [-0.15, -0.1) is 0 Å². The van der Waals surface area contributed by atoms with Gasteiger partial charge in [0.05, 0.1) is 0 Å². The van der Waals surface area contributed by atoms with Gasteiger partial charge in [-0.3, -0.25) is 4.79 Å². The van der Waals surface area contributed by atoms with Gasteiger partial charge in [-0.05, 0) is 60.7 Å². The number of nitrogens with one attached hydrogen (secondary N) is 1. The van der Waals surface area contributed by atoms with Crippen LogP contribution in [0.1, 0.15) is 42.0 Å². The van der Waals surface area contributed by atoms with E-state index in [1.807, 2.05) is 7.05 Å². The number of rotatable bonds is 4. The van der Waals surface area contributed by atoms with Crippen molar-refractivity contribution in [2.24, 2.45) is 0 Å². The molecule has 132 valence electrons. The van der Waals surface area contributed by atoms with E-state index >= 15 is 0 Å². The van der Waals surface area contributed by atoms with Gasteiger partial charge in [0.2, 0.25) is 0 Å². The predicted molar refractivity (Wildman–Crippen MR) is 104 cm³/mol. The highest BCUT2D eigenvalue weighted by Crippen LogP contribution is 2.33. The maximum Gasteiger partial charge on any atom is 0.303 e. The number of carboxylic acid groups (broad SMARTS) is 1. The van der Waals surface area contributed by atoms with Crippen molar-refractivity contribution < 1.29 is 9.90 Å². The fraction of sp³-hybridized carbons (Fsp3) is 0.318. The van der Waals surface area contributed by atoms with Crippen LogP contribution in [0.15, 0.2) is 54.6 Å². The number of carbonyl (C=O) groups is 1. The van der Waals surface area contributed by atoms with Gasteiger partial charge < -0.3 is 10.4 Å². The molecule has 3 nitrogen and oxygen atoms in total. The fourth-order valence-electron chi connectivity index (χ4n) is 3.00. The maximum absolute atomic E-state index is 9.37. The zero-order valence-electron chi connectivity index (χ0n) is 15.1. The SMILES string of the molecule is CCC(=O)O.CNCCC=C1c2ccccc2CCc2ccccc21. The van der Waals surface area contributed by atoms with E-state index in [2.05, 4.69) is 59.9 Å². The molecule has 0 atom stereocenters. The highest BCUT2D eigenvalue weighted by molar-refractivity contribution is 5.83. The summed E-state index contributed by atoms with van der Waals surface area (Å²) in [5, 5.41) is 10.9. The number of hydrogen-bond acceptors (Lipinski definition) is 2. The van der Waals surface area contributed by atoms with Crippen molar-refractivity contribution in [1.29, 1.82) is 0 Å². The van der Waals surface area contributed by atoms with Gasteiger partial charge in [0.1, 0.15) is 0 Å². The maximum atomic E-state index is 9.37. The van der Waals surface area contributed by atoms with E-state index in [0.717, 1.165) is 25.8 Å². The van der Waals surface area contributed by atoms with Crippen LogP contribution in [0.5, 0.6) is 0 Å². The molecule has 2 aromatic carbocycles. The molecule has 0 bridgehead atoms. The Morgan fingerprint density at radius 1 is 1.04 bits per heavy atom. The quantitative estimate of drug-likeness (QED) is 0.818. The second-order valence-corrected chi connectivity index (χ2v) is 6.07. The summed E-state index contributed by atoms with van der Waals surface area (Å²) in [5.74, 6) is -0.745. The topological polar surface area (TPSA) is 49.3 Å². The first-order valence-corrected chi connectivity index (χ1v) is 8.90. The summed E-state index contributed by atoms with van der Waals surface area (Å²) in [6, 6.07) is 17.7. The van der Waals surface area contributed by atoms with Crippen LogP contribution >= 0.6 is 0 Å². The van der Waals surface area contributed by atoms with Crippen molar-refractivity contribution in [2.75, 3.05) is 13.6 Å². The first-order chi connectivity index (χ1) is 12.2. The summed E-state index contributed by atoms with van der Waals surface area (Å²) in [4.78, 5) is 9.37. The van der Waals surface area contributed by atoms with Crippen LogP contribution in [0, 0.1) is 0 Å². The van der Waals surface area contributed by atoms with Gasteiger partial charge in [0.15, 0.2) is 0 Å². The lowest BCUT2D eigenvalue weighted by Crippen LogP contribution is -2.06. The van der Waals surface area contributed by atoms with Gasteiger partial charge >= 0.3 is 5.97 Å². The molecule has 3 heteroatoms. The molecule has 0 amide bonds. The van der Waals surface area contributed by atoms with Gasteiger partial charge in [0, 0.05) is 6.42 Å². The summed E-state index contributed by atoms with van der Waals surface area (Å²) in [6.07, 6.45) is 5.95. The number of benzene rings is 2. The van der Waals surface area contributed by atoms with Gasteiger partial charge in [-0.25, -0.2) is 0 Å². The van der Waals surface area contributed by atoms with Gasteiger partial charge in [-0.2, -0.15) is 0 Å². The second kappa shape index (κ2) is 9.80. The molecule has 0 aliphatic heterocycles. The summed E-state index contributed by atoms with van der Waals surface area (Å²) in [5.41, 5.74) is 7.17. The molecule has 0 radical (unpaired) electrons. The standard InChI is InChI=1S/C19H21N.C3H6O2/c1-20-14-6-11-19-17-9-4-2-7-15(17)12-13-16-8-3-5-10-18(16)19;1-2-3(4)5/h2-5,7-11,20H,6,12-14H2,1H3;2H2,1H3,(H,4,5). The zero-order valence-corrected chi connectivity index (χ0v) is 15.1. The van der Waals surface area contributed by atoms with E-state index in [0.29, 0.717) is 0 Å².